The molecule has 0 saturated carbocycles. The molecule has 0 spiro atoms. The number of thioether (sulfide) groups is 1. The topological polar surface area (TPSA) is 83.0 Å². The SMILES string of the molecule is Cc1cccc(-c2n[nH]c(=S)n2CCC(=O)Nc2ccc(CC(=O)N3CCSCC3)cc2)c1. The van der Waals surface area contributed by atoms with Crippen LogP contribution in [0.15, 0.2) is 48.5 Å². The van der Waals surface area contributed by atoms with Crippen molar-refractivity contribution >= 4 is 41.5 Å². The second-order valence-corrected chi connectivity index (χ2v) is 9.65. The van der Waals surface area contributed by atoms with Crippen LogP contribution in [0.1, 0.15) is 17.5 Å². The van der Waals surface area contributed by atoms with Gasteiger partial charge in [-0.25, -0.2) is 0 Å². The molecule has 0 atom stereocenters. The van der Waals surface area contributed by atoms with Crippen molar-refractivity contribution in [1.29, 1.82) is 0 Å². The van der Waals surface area contributed by atoms with Crippen molar-refractivity contribution in [2.45, 2.75) is 26.3 Å². The number of hydrogen-bond donors (Lipinski definition) is 2. The molecular weight excluding hydrogens is 454 g/mol. The van der Waals surface area contributed by atoms with Crippen molar-refractivity contribution in [2.75, 3.05) is 29.9 Å². The first-order valence-electron chi connectivity index (χ1n) is 11.0. The third-order valence-electron chi connectivity index (χ3n) is 5.55. The van der Waals surface area contributed by atoms with Crippen LogP contribution in [0.4, 0.5) is 5.69 Å². The first-order valence-corrected chi connectivity index (χ1v) is 12.5. The zero-order chi connectivity index (χ0) is 23.2. The van der Waals surface area contributed by atoms with Crippen LogP contribution in [-0.2, 0) is 22.6 Å². The third-order valence-corrected chi connectivity index (χ3v) is 6.81. The molecule has 2 aromatic carbocycles. The molecule has 0 bridgehead atoms. The van der Waals surface area contributed by atoms with Crippen LogP contribution in [0.5, 0.6) is 0 Å². The molecule has 2 amide bonds. The monoisotopic (exact) mass is 481 g/mol. The third kappa shape index (κ3) is 6.11. The molecule has 33 heavy (non-hydrogen) atoms. The fourth-order valence-electron chi connectivity index (χ4n) is 3.77. The Morgan fingerprint density at radius 3 is 2.64 bits per heavy atom. The number of carbonyl (C=O) groups excluding carboxylic acids is 2. The van der Waals surface area contributed by atoms with Crippen molar-refractivity contribution in [2.24, 2.45) is 0 Å². The van der Waals surface area contributed by atoms with Crippen molar-refractivity contribution in [3.8, 4) is 11.4 Å². The highest BCUT2D eigenvalue weighted by Gasteiger charge is 2.17. The van der Waals surface area contributed by atoms with Gasteiger partial charge in [-0.15, -0.1) is 0 Å². The molecule has 1 fully saturated rings. The number of aromatic nitrogens is 3. The average molecular weight is 482 g/mol. The van der Waals surface area contributed by atoms with Gasteiger partial charge in [0.05, 0.1) is 6.42 Å². The van der Waals surface area contributed by atoms with Gasteiger partial charge in [0.1, 0.15) is 0 Å². The van der Waals surface area contributed by atoms with Crippen LogP contribution in [0.2, 0.25) is 0 Å². The van der Waals surface area contributed by atoms with Gasteiger partial charge >= 0.3 is 0 Å². The van der Waals surface area contributed by atoms with Gasteiger partial charge in [-0.3, -0.25) is 19.3 Å². The summed E-state index contributed by atoms with van der Waals surface area (Å²) in [6.07, 6.45) is 0.652. The van der Waals surface area contributed by atoms with E-state index in [1.807, 2.05) is 76.7 Å². The second kappa shape index (κ2) is 10.8. The van der Waals surface area contributed by atoms with E-state index in [4.69, 9.17) is 12.2 Å². The summed E-state index contributed by atoms with van der Waals surface area (Å²) in [5, 5.41) is 10.1. The number of aromatic amines is 1. The Balaban J connectivity index is 1.32. The van der Waals surface area contributed by atoms with E-state index in [-0.39, 0.29) is 18.2 Å². The standard InChI is InChI=1S/C24H27N5O2S2/c1-17-3-2-4-19(15-17)23-26-27-24(32)29(23)10-9-21(30)25-20-7-5-18(6-8-20)16-22(31)28-11-13-33-14-12-28/h2-8,15H,9-14,16H2,1H3,(H,25,30)(H,27,32). The lowest BCUT2D eigenvalue weighted by Crippen LogP contribution is -2.38. The quantitative estimate of drug-likeness (QED) is 0.497. The Hall–Kier alpha value is -2.91. The van der Waals surface area contributed by atoms with E-state index in [1.54, 1.807) is 0 Å². The lowest BCUT2D eigenvalue weighted by molar-refractivity contribution is -0.130. The molecule has 4 rings (SSSR count). The highest BCUT2D eigenvalue weighted by atomic mass is 32.2. The Kier molecular flexibility index (Phi) is 7.61. The van der Waals surface area contributed by atoms with E-state index >= 15 is 0 Å². The van der Waals surface area contributed by atoms with E-state index in [0.717, 1.165) is 47.1 Å². The molecular formula is C24H27N5O2S2. The second-order valence-electron chi connectivity index (χ2n) is 8.04. The zero-order valence-electron chi connectivity index (χ0n) is 18.5. The maximum atomic E-state index is 12.5. The first-order chi connectivity index (χ1) is 16.0. The van der Waals surface area contributed by atoms with Crippen LogP contribution < -0.4 is 5.32 Å². The summed E-state index contributed by atoms with van der Waals surface area (Å²) in [5.74, 6) is 2.79. The number of nitrogens with zero attached hydrogens (tertiary/aromatic N) is 3. The lowest BCUT2D eigenvalue weighted by Gasteiger charge is -2.26. The maximum Gasteiger partial charge on any atom is 0.227 e. The fraction of sp³-hybridized carbons (Fsp3) is 0.333. The van der Waals surface area contributed by atoms with Crippen LogP contribution in [0, 0.1) is 11.7 Å². The summed E-state index contributed by atoms with van der Waals surface area (Å²) in [6.45, 7) is 4.09. The minimum absolute atomic E-state index is 0.108. The van der Waals surface area contributed by atoms with Crippen LogP contribution in [0.25, 0.3) is 11.4 Å². The van der Waals surface area contributed by atoms with Gasteiger partial charge in [0.25, 0.3) is 0 Å². The number of carbonyl (C=O) groups is 2. The molecule has 0 unspecified atom stereocenters. The van der Waals surface area contributed by atoms with Crippen LogP contribution in [-0.4, -0.2) is 56.1 Å². The molecule has 2 heterocycles. The molecule has 1 aliphatic rings. The molecule has 3 aromatic rings. The van der Waals surface area contributed by atoms with Crippen LogP contribution >= 0.6 is 24.0 Å². The highest BCUT2D eigenvalue weighted by molar-refractivity contribution is 7.99. The van der Waals surface area contributed by atoms with E-state index in [0.29, 0.717) is 23.4 Å². The molecule has 7 nitrogen and oxygen atoms in total. The molecule has 1 aliphatic heterocycles. The van der Waals surface area contributed by atoms with E-state index in [1.165, 1.54) is 0 Å². The van der Waals surface area contributed by atoms with Gasteiger partial charge in [-0.05, 0) is 42.9 Å². The molecule has 1 aromatic heterocycles. The fourth-order valence-corrected chi connectivity index (χ4v) is 4.90. The summed E-state index contributed by atoms with van der Waals surface area (Å²) in [4.78, 5) is 26.9. The number of nitrogens with one attached hydrogen (secondary N) is 2. The normalized spacial score (nSPS) is 13.7. The van der Waals surface area contributed by atoms with Crippen molar-refractivity contribution in [3.05, 3.63) is 64.4 Å². The largest absolute Gasteiger partial charge is 0.341 e. The highest BCUT2D eigenvalue weighted by Crippen LogP contribution is 2.19. The summed E-state index contributed by atoms with van der Waals surface area (Å²) in [7, 11) is 0. The van der Waals surface area contributed by atoms with Gasteiger partial charge in [-0.2, -0.15) is 16.9 Å². The predicted molar refractivity (Wildman–Crippen MR) is 135 cm³/mol. The number of rotatable bonds is 7. The Bertz CT molecular complexity index is 1180. The number of amides is 2. The minimum Gasteiger partial charge on any atom is -0.341 e. The summed E-state index contributed by atoms with van der Waals surface area (Å²) in [5.41, 5.74) is 3.74. The predicted octanol–water partition coefficient (Wildman–Crippen LogP) is 4.06. The summed E-state index contributed by atoms with van der Waals surface area (Å²) >= 11 is 7.25. The molecule has 0 radical (unpaired) electrons. The average Bonchev–Trinajstić information content (AvgIpc) is 3.20. The van der Waals surface area contributed by atoms with Crippen molar-refractivity contribution in [1.82, 2.24) is 19.7 Å². The van der Waals surface area contributed by atoms with Gasteiger partial charge in [0, 0.05) is 48.8 Å². The lowest BCUT2D eigenvalue weighted by atomic mass is 10.1. The summed E-state index contributed by atoms with van der Waals surface area (Å²) in [6, 6.07) is 15.5. The van der Waals surface area contributed by atoms with Gasteiger partial charge in [0.2, 0.25) is 11.8 Å². The Morgan fingerprint density at radius 1 is 1.15 bits per heavy atom. The molecule has 172 valence electrons. The van der Waals surface area contributed by atoms with Crippen molar-refractivity contribution in [3.63, 3.8) is 0 Å². The molecule has 1 saturated heterocycles. The number of anilines is 1. The van der Waals surface area contributed by atoms with Gasteiger partial charge in [0.15, 0.2) is 10.6 Å². The minimum atomic E-state index is -0.108. The Morgan fingerprint density at radius 2 is 1.91 bits per heavy atom. The van der Waals surface area contributed by atoms with Crippen LogP contribution in [0.3, 0.4) is 0 Å². The number of aryl methyl sites for hydroxylation is 1. The first kappa shape index (κ1) is 23.3. The molecule has 0 aliphatic carbocycles. The van der Waals surface area contributed by atoms with E-state index < -0.39 is 0 Å². The Labute approximate surface area is 202 Å². The summed E-state index contributed by atoms with van der Waals surface area (Å²) < 4.78 is 2.33. The molecule has 2 N–H and O–H groups in total. The van der Waals surface area contributed by atoms with Crippen molar-refractivity contribution < 1.29 is 9.59 Å². The smallest absolute Gasteiger partial charge is 0.227 e. The van der Waals surface area contributed by atoms with E-state index in [2.05, 4.69) is 15.5 Å². The molecule has 9 heteroatoms. The van der Waals surface area contributed by atoms with Gasteiger partial charge < -0.3 is 10.2 Å². The number of hydrogen-bond acceptors (Lipinski definition) is 5. The maximum absolute atomic E-state index is 12.5. The van der Waals surface area contributed by atoms with Gasteiger partial charge in [-0.1, -0.05) is 35.9 Å². The number of H-pyrrole nitrogens is 1. The zero-order valence-corrected chi connectivity index (χ0v) is 20.2. The number of benzene rings is 2. The van der Waals surface area contributed by atoms with E-state index in [9.17, 15) is 9.59 Å².